The highest BCUT2D eigenvalue weighted by Gasteiger charge is 2.22. The lowest BCUT2D eigenvalue weighted by Gasteiger charge is -2.24. The van der Waals surface area contributed by atoms with Crippen LogP contribution < -0.4 is 21.7 Å². The summed E-state index contributed by atoms with van der Waals surface area (Å²) in [6.45, 7) is 2.63. The highest BCUT2D eigenvalue weighted by Crippen LogP contribution is 2.27. The fraction of sp³-hybridized carbons (Fsp3) is 0.280. The Labute approximate surface area is 212 Å². The number of carboxylic acids is 2. The van der Waals surface area contributed by atoms with E-state index in [1.165, 1.54) is 12.1 Å². The number of aryl methyl sites for hydroxylation is 1. The normalized spacial score (nSPS) is 11.5. The van der Waals surface area contributed by atoms with Crippen molar-refractivity contribution < 1.29 is 24.6 Å². The van der Waals surface area contributed by atoms with Gasteiger partial charge in [0.2, 0.25) is 5.95 Å². The first-order chi connectivity index (χ1) is 17.6. The summed E-state index contributed by atoms with van der Waals surface area (Å²) < 4.78 is 0. The molecular formula is C25H27N7O5. The lowest BCUT2D eigenvalue weighted by Crippen LogP contribution is -2.41. The van der Waals surface area contributed by atoms with Crippen molar-refractivity contribution >= 4 is 46.3 Å². The van der Waals surface area contributed by atoms with E-state index >= 15 is 0 Å². The van der Waals surface area contributed by atoms with E-state index in [9.17, 15) is 19.5 Å². The fourth-order valence-corrected chi connectivity index (χ4v) is 3.93. The summed E-state index contributed by atoms with van der Waals surface area (Å²) in [6.07, 6.45) is 7.33. The van der Waals surface area contributed by atoms with E-state index in [1.54, 1.807) is 18.3 Å². The van der Waals surface area contributed by atoms with E-state index < -0.39 is 23.9 Å². The number of nitrogen functional groups attached to an aromatic ring is 2. The third-order valence-electron chi connectivity index (χ3n) is 5.71. The Bertz CT molecular complexity index is 1370. The third-order valence-corrected chi connectivity index (χ3v) is 5.71. The summed E-state index contributed by atoms with van der Waals surface area (Å²) in [5.74, 6) is -0.171. The molecule has 3 aromatic rings. The van der Waals surface area contributed by atoms with E-state index in [1.807, 2.05) is 11.8 Å². The van der Waals surface area contributed by atoms with Crippen LogP contribution in [0.2, 0.25) is 0 Å². The maximum absolute atomic E-state index is 12.6. The molecule has 0 aliphatic heterocycles. The third kappa shape index (κ3) is 6.40. The van der Waals surface area contributed by atoms with Gasteiger partial charge < -0.3 is 31.9 Å². The second kappa shape index (κ2) is 11.7. The Morgan fingerprint density at radius 3 is 2.46 bits per heavy atom. The highest BCUT2D eigenvalue weighted by molar-refractivity contribution is 5.97. The molecule has 0 aliphatic carbocycles. The van der Waals surface area contributed by atoms with Gasteiger partial charge in [-0.25, -0.2) is 9.78 Å². The summed E-state index contributed by atoms with van der Waals surface area (Å²) in [5.41, 5.74) is 14.9. The zero-order valence-corrected chi connectivity index (χ0v) is 20.1. The number of amides is 1. The molecule has 2 aromatic heterocycles. The number of anilines is 3. The Morgan fingerprint density at radius 2 is 1.86 bits per heavy atom. The van der Waals surface area contributed by atoms with Crippen LogP contribution >= 0.6 is 0 Å². The van der Waals surface area contributed by atoms with Crippen LogP contribution in [0.25, 0.3) is 11.0 Å². The Morgan fingerprint density at radius 1 is 1.16 bits per heavy atom. The molecule has 12 nitrogen and oxygen atoms in total. The van der Waals surface area contributed by atoms with Crippen LogP contribution in [0, 0.1) is 12.3 Å². The molecule has 0 spiro atoms. The molecule has 12 heteroatoms. The van der Waals surface area contributed by atoms with Crippen molar-refractivity contribution in [1.82, 2.24) is 20.3 Å². The number of nitrogens with two attached hydrogens (primary N) is 2. The predicted molar refractivity (Wildman–Crippen MR) is 138 cm³/mol. The number of benzene rings is 1. The molecule has 0 radical (unpaired) electrons. The summed E-state index contributed by atoms with van der Waals surface area (Å²) >= 11 is 0. The molecule has 0 fully saturated rings. The molecule has 0 bridgehead atoms. The average molecular weight is 506 g/mol. The van der Waals surface area contributed by atoms with E-state index in [0.29, 0.717) is 24.0 Å². The van der Waals surface area contributed by atoms with Crippen LogP contribution in [-0.2, 0) is 22.6 Å². The molecule has 0 saturated heterocycles. The topological polar surface area (TPSA) is 198 Å². The van der Waals surface area contributed by atoms with Crippen molar-refractivity contribution in [3.05, 3.63) is 47.2 Å². The van der Waals surface area contributed by atoms with Gasteiger partial charge in [-0.05, 0) is 48.2 Å². The van der Waals surface area contributed by atoms with Gasteiger partial charge in [0.1, 0.15) is 11.9 Å². The zero-order valence-electron chi connectivity index (χ0n) is 20.1. The van der Waals surface area contributed by atoms with Gasteiger partial charge in [-0.1, -0.05) is 12.8 Å². The van der Waals surface area contributed by atoms with Crippen molar-refractivity contribution in [2.45, 2.75) is 38.8 Å². The number of pyridine rings is 1. The van der Waals surface area contributed by atoms with Crippen LogP contribution in [0.5, 0.6) is 0 Å². The first-order valence-corrected chi connectivity index (χ1v) is 11.4. The smallest absolute Gasteiger partial charge is 0.326 e. The molecule has 2 heterocycles. The first kappa shape index (κ1) is 26.7. The molecule has 1 amide bonds. The lowest BCUT2D eigenvalue weighted by atomic mass is 10.0. The maximum atomic E-state index is 12.6. The van der Waals surface area contributed by atoms with Gasteiger partial charge in [0.25, 0.3) is 5.91 Å². The van der Waals surface area contributed by atoms with E-state index in [4.69, 9.17) is 23.0 Å². The summed E-state index contributed by atoms with van der Waals surface area (Å²) in [6, 6.07) is 5.15. The van der Waals surface area contributed by atoms with Crippen LogP contribution in [0.15, 0.2) is 30.5 Å². The number of carbonyl (C=O) groups is 3. The number of terminal acetylenes is 1. The minimum atomic E-state index is -1.32. The number of aromatic nitrogens is 3. The Kier molecular flexibility index (Phi) is 8.42. The molecule has 1 aromatic carbocycles. The molecular weight excluding hydrogens is 478 g/mol. The lowest BCUT2D eigenvalue weighted by molar-refractivity contribution is -0.140. The second-order valence-corrected chi connectivity index (χ2v) is 8.18. The molecule has 192 valence electrons. The van der Waals surface area contributed by atoms with Crippen molar-refractivity contribution in [3.8, 4) is 12.3 Å². The quantitative estimate of drug-likeness (QED) is 0.236. The van der Waals surface area contributed by atoms with Crippen LogP contribution in [0.1, 0.15) is 41.3 Å². The average Bonchev–Trinajstić information content (AvgIpc) is 2.85. The monoisotopic (exact) mass is 505 g/mol. The fourth-order valence-electron chi connectivity index (χ4n) is 3.93. The minimum absolute atomic E-state index is 0.0435. The van der Waals surface area contributed by atoms with Crippen molar-refractivity contribution in [2.24, 2.45) is 0 Å². The Hall–Kier alpha value is -4.92. The van der Waals surface area contributed by atoms with Gasteiger partial charge in [0.15, 0.2) is 5.65 Å². The second-order valence-electron chi connectivity index (χ2n) is 8.18. The zero-order chi connectivity index (χ0) is 27.1. The van der Waals surface area contributed by atoms with Gasteiger partial charge in [0, 0.05) is 30.4 Å². The Balaban J connectivity index is 1.83. The molecule has 1 atom stereocenters. The van der Waals surface area contributed by atoms with Crippen LogP contribution in [-0.4, -0.2) is 55.6 Å². The van der Waals surface area contributed by atoms with Crippen molar-refractivity contribution in [1.29, 1.82) is 0 Å². The number of rotatable bonds is 11. The summed E-state index contributed by atoms with van der Waals surface area (Å²) in [7, 11) is 0. The standard InChI is InChI=1S/C25H27N7O5/c1-3-11-32(13-15-12-28-22-20(17(15)4-2)21(26)30-25(27)31-22)16-7-5-14(6-8-16)23(35)29-18(24(36)37)9-10-19(33)34/h1,5-8,12,18H,4,9-11,13H2,2H3,(H,29,35)(H,33,34)(H,36,37)(H4,26,27,28,30,31). The first-order valence-electron chi connectivity index (χ1n) is 11.4. The number of aliphatic carboxylic acids is 2. The van der Waals surface area contributed by atoms with Gasteiger partial charge in [-0.15, -0.1) is 6.42 Å². The van der Waals surface area contributed by atoms with Gasteiger partial charge in [0.05, 0.1) is 11.9 Å². The minimum Gasteiger partial charge on any atom is -0.481 e. The number of fused-ring (bicyclic) bond motifs is 1. The summed E-state index contributed by atoms with van der Waals surface area (Å²) in [5, 5.41) is 21.1. The molecule has 1 unspecified atom stereocenters. The van der Waals surface area contributed by atoms with E-state index in [2.05, 4.69) is 26.2 Å². The molecule has 0 aliphatic rings. The number of carbonyl (C=O) groups excluding carboxylic acids is 1. The van der Waals surface area contributed by atoms with Crippen molar-refractivity contribution in [3.63, 3.8) is 0 Å². The van der Waals surface area contributed by atoms with Gasteiger partial charge >= 0.3 is 11.9 Å². The maximum Gasteiger partial charge on any atom is 0.326 e. The van der Waals surface area contributed by atoms with Crippen LogP contribution in [0.3, 0.4) is 0 Å². The highest BCUT2D eigenvalue weighted by atomic mass is 16.4. The molecule has 0 saturated carbocycles. The number of hydrogen-bond donors (Lipinski definition) is 5. The number of carboxylic acid groups (broad SMARTS) is 2. The van der Waals surface area contributed by atoms with Crippen molar-refractivity contribution in [2.75, 3.05) is 22.9 Å². The van der Waals surface area contributed by atoms with E-state index in [0.717, 1.165) is 16.8 Å². The predicted octanol–water partition coefficient (Wildman–Crippen LogP) is 1.44. The molecule has 7 N–H and O–H groups in total. The molecule has 37 heavy (non-hydrogen) atoms. The number of nitrogens with one attached hydrogen (secondary N) is 1. The van der Waals surface area contributed by atoms with Gasteiger partial charge in [-0.3, -0.25) is 9.59 Å². The van der Waals surface area contributed by atoms with Crippen LogP contribution in [0.4, 0.5) is 17.5 Å². The molecule has 3 rings (SSSR count). The largest absolute Gasteiger partial charge is 0.481 e. The van der Waals surface area contributed by atoms with Gasteiger partial charge in [-0.2, -0.15) is 9.97 Å². The van der Waals surface area contributed by atoms with E-state index in [-0.39, 0.29) is 36.7 Å². The SMILES string of the molecule is C#CCN(Cc1cnc2nc(N)nc(N)c2c1CC)c1ccc(C(=O)NC(CCC(=O)O)C(=O)O)cc1. The number of hydrogen-bond acceptors (Lipinski definition) is 9. The summed E-state index contributed by atoms with van der Waals surface area (Å²) in [4.78, 5) is 49.2. The number of nitrogens with zero attached hydrogens (tertiary/aromatic N) is 4.